The standard InChI is InChI=1S/C19H19Cl2NO4/c1-24-16-4-2-3-5-17(16)26-12-19(23)22-6-7-25-18(11-22)13-8-14(20)10-15(21)9-13/h2-5,8-10,18H,6-7,11-12H2,1H3. The SMILES string of the molecule is COc1ccccc1OCC(=O)N1CCOC(c2cc(Cl)cc(Cl)c2)C1. The summed E-state index contributed by atoms with van der Waals surface area (Å²) in [6.45, 7) is 1.31. The summed E-state index contributed by atoms with van der Waals surface area (Å²) in [6.07, 6.45) is -0.268. The molecule has 0 aliphatic carbocycles. The smallest absolute Gasteiger partial charge is 0.260 e. The van der Waals surface area contributed by atoms with E-state index in [9.17, 15) is 4.79 Å². The molecule has 138 valence electrons. The Morgan fingerprint density at radius 1 is 1.19 bits per heavy atom. The van der Waals surface area contributed by atoms with Gasteiger partial charge in [0.1, 0.15) is 6.10 Å². The van der Waals surface area contributed by atoms with Gasteiger partial charge < -0.3 is 19.1 Å². The monoisotopic (exact) mass is 395 g/mol. The minimum absolute atomic E-state index is 0.0661. The van der Waals surface area contributed by atoms with Gasteiger partial charge in [0.05, 0.1) is 20.3 Å². The van der Waals surface area contributed by atoms with Crippen LogP contribution >= 0.6 is 23.2 Å². The van der Waals surface area contributed by atoms with E-state index in [0.717, 1.165) is 5.56 Å². The molecule has 1 aliphatic rings. The van der Waals surface area contributed by atoms with Crippen molar-refractivity contribution in [3.05, 3.63) is 58.1 Å². The lowest BCUT2D eigenvalue weighted by Crippen LogP contribution is -2.44. The lowest BCUT2D eigenvalue weighted by atomic mass is 10.1. The molecule has 1 amide bonds. The number of benzene rings is 2. The quantitative estimate of drug-likeness (QED) is 0.767. The number of hydrogen-bond donors (Lipinski definition) is 0. The number of hydrogen-bond acceptors (Lipinski definition) is 4. The van der Waals surface area contributed by atoms with Gasteiger partial charge in [-0.1, -0.05) is 35.3 Å². The van der Waals surface area contributed by atoms with Gasteiger partial charge in [0, 0.05) is 16.6 Å². The zero-order chi connectivity index (χ0) is 18.5. The maximum atomic E-state index is 12.5. The Kier molecular flexibility index (Phi) is 6.25. The topological polar surface area (TPSA) is 48.0 Å². The average Bonchev–Trinajstić information content (AvgIpc) is 2.65. The van der Waals surface area contributed by atoms with Crippen molar-refractivity contribution in [1.82, 2.24) is 4.90 Å². The van der Waals surface area contributed by atoms with Crippen LogP contribution in [0.3, 0.4) is 0 Å². The van der Waals surface area contributed by atoms with E-state index in [1.807, 2.05) is 12.1 Å². The molecule has 0 radical (unpaired) electrons. The number of para-hydroxylation sites is 2. The molecule has 3 rings (SSSR count). The second kappa shape index (κ2) is 8.62. The first-order chi connectivity index (χ1) is 12.6. The van der Waals surface area contributed by atoms with E-state index in [0.29, 0.717) is 41.2 Å². The Morgan fingerprint density at radius 2 is 1.88 bits per heavy atom. The van der Waals surface area contributed by atoms with Crippen molar-refractivity contribution in [2.24, 2.45) is 0 Å². The van der Waals surface area contributed by atoms with Crippen LogP contribution in [0.4, 0.5) is 0 Å². The largest absolute Gasteiger partial charge is 0.493 e. The fourth-order valence-electron chi connectivity index (χ4n) is 2.81. The molecule has 0 aromatic heterocycles. The highest BCUT2D eigenvalue weighted by Crippen LogP contribution is 2.29. The fourth-order valence-corrected chi connectivity index (χ4v) is 3.35. The Hall–Kier alpha value is -1.95. The highest BCUT2D eigenvalue weighted by atomic mass is 35.5. The summed E-state index contributed by atoms with van der Waals surface area (Å²) in [7, 11) is 1.56. The molecule has 0 saturated carbocycles. The Balaban J connectivity index is 1.62. The van der Waals surface area contributed by atoms with E-state index in [4.69, 9.17) is 37.4 Å². The van der Waals surface area contributed by atoms with E-state index in [1.54, 1.807) is 42.3 Å². The highest BCUT2D eigenvalue weighted by molar-refractivity contribution is 6.34. The second-order valence-corrected chi connectivity index (χ2v) is 6.71. The van der Waals surface area contributed by atoms with Crippen LogP contribution in [0.2, 0.25) is 10.0 Å². The maximum Gasteiger partial charge on any atom is 0.260 e. The van der Waals surface area contributed by atoms with Crippen molar-refractivity contribution in [2.75, 3.05) is 33.4 Å². The summed E-state index contributed by atoms with van der Waals surface area (Å²) in [5.74, 6) is 1.01. The molecule has 1 aliphatic heterocycles. The van der Waals surface area contributed by atoms with E-state index >= 15 is 0 Å². The second-order valence-electron chi connectivity index (χ2n) is 5.84. The minimum atomic E-state index is -0.268. The number of ether oxygens (including phenoxy) is 3. The van der Waals surface area contributed by atoms with Crippen molar-refractivity contribution in [2.45, 2.75) is 6.10 Å². The molecule has 2 aromatic rings. The predicted molar refractivity (Wildman–Crippen MR) is 100 cm³/mol. The predicted octanol–water partition coefficient (Wildman–Crippen LogP) is 3.98. The molecule has 1 fully saturated rings. The lowest BCUT2D eigenvalue weighted by molar-refractivity contribution is -0.141. The van der Waals surface area contributed by atoms with Gasteiger partial charge in [-0.2, -0.15) is 0 Å². The summed E-state index contributed by atoms with van der Waals surface area (Å²) >= 11 is 12.1. The normalized spacial score (nSPS) is 17.0. The molecule has 1 saturated heterocycles. The number of carbonyl (C=O) groups is 1. The van der Waals surface area contributed by atoms with Crippen molar-refractivity contribution < 1.29 is 19.0 Å². The third-order valence-corrected chi connectivity index (χ3v) is 4.53. The van der Waals surface area contributed by atoms with Gasteiger partial charge in [-0.25, -0.2) is 0 Å². The van der Waals surface area contributed by atoms with Gasteiger partial charge in [0.15, 0.2) is 18.1 Å². The molecule has 1 unspecified atom stereocenters. The van der Waals surface area contributed by atoms with Crippen LogP contribution in [0.15, 0.2) is 42.5 Å². The zero-order valence-electron chi connectivity index (χ0n) is 14.3. The van der Waals surface area contributed by atoms with Gasteiger partial charge in [0.25, 0.3) is 5.91 Å². The van der Waals surface area contributed by atoms with Gasteiger partial charge in [0.2, 0.25) is 0 Å². The maximum absolute atomic E-state index is 12.5. The zero-order valence-corrected chi connectivity index (χ0v) is 15.8. The molecule has 1 heterocycles. The fraction of sp³-hybridized carbons (Fsp3) is 0.316. The van der Waals surface area contributed by atoms with Crippen LogP contribution in [-0.4, -0.2) is 44.2 Å². The molecule has 1 atom stereocenters. The van der Waals surface area contributed by atoms with Gasteiger partial charge in [-0.15, -0.1) is 0 Å². The van der Waals surface area contributed by atoms with Crippen molar-refractivity contribution >= 4 is 29.1 Å². The van der Waals surface area contributed by atoms with Crippen LogP contribution in [0.1, 0.15) is 11.7 Å². The third kappa shape index (κ3) is 4.61. The Labute approximate surface area is 162 Å². The third-order valence-electron chi connectivity index (χ3n) is 4.10. The molecule has 2 aromatic carbocycles. The van der Waals surface area contributed by atoms with Crippen LogP contribution in [-0.2, 0) is 9.53 Å². The summed E-state index contributed by atoms with van der Waals surface area (Å²) < 4.78 is 16.6. The van der Waals surface area contributed by atoms with Crippen LogP contribution in [0.5, 0.6) is 11.5 Å². The van der Waals surface area contributed by atoms with Crippen molar-refractivity contribution in [3.8, 4) is 11.5 Å². The van der Waals surface area contributed by atoms with Gasteiger partial charge in [-0.3, -0.25) is 4.79 Å². The molecular formula is C19H19Cl2NO4. The summed E-state index contributed by atoms with van der Waals surface area (Å²) in [6, 6.07) is 12.5. The minimum Gasteiger partial charge on any atom is -0.493 e. The molecule has 7 heteroatoms. The lowest BCUT2D eigenvalue weighted by Gasteiger charge is -2.33. The Morgan fingerprint density at radius 3 is 2.58 bits per heavy atom. The van der Waals surface area contributed by atoms with Crippen LogP contribution < -0.4 is 9.47 Å². The summed E-state index contributed by atoms with van der Waals surface area (Å²) in [4.78, 5) is 14.3. The number of morpholine rings is 1. The number of methoxy groups -OCH3 is 1. The molecular weight excluding hydrogens is 377 g/mol. The first-order valence-corrected chi connectivity index (χ1v) is 8.93. The number of rotatable bonds is 5. The summed E-state index contributed by atoms with van der Waals surface area (Å²) in [5.41, 5.74) is 0.852. The van der Waals surface area contributed by atoms with Gasteiger partial charge in [-0.05, 0) is 35.9 Å². The molecule has 0 spiro atoms. The molecule has 0 N–H and O–H groups in total. The van der Waals surface area contributed by atoms with Crippen molar-refractivity contribution in [1.29, 1.82) is 0 Å². The number of nitrogens with zero attached hydrogens (tertiary/aromatic N) is 1. The van der Waals surface area contributed by atoms with E-state index in [-0.39, 0.29) is 18.6 Å². The van der Waals surface area contributed by atoms with E-state index in [2.05, 4.69) is 0 Å². The van der Waals surface area contributed by atoms with Crippen LogP contribution in [0, 0.1) is 0 Å². The van der Waals surface area contributed by atoms with E-state index < -0.39 is 0 Å². The van der Waals surface area contributed by atoms with Crippen molar-refractivity contribution in [3.63, 3.8) is 0 Å². The molecule has 26 heavy (non-hydrogen) atoms. The first kappa shape index (κ1) is 18.8. The average molecular weight is 396 g/mol. The summed E-state index contributed by atoms with van der Waals surface area (Å²) in [5, 5.41) is 1.08. The Bertz CT molecular complexity index is 764. The number of amides is 1. The van der Waals surface area contributed by atoms with E-state index in [1.165, 1.54) is 0 Å². The van der Waals surface area contributed by atoms with Crippen LogP contribution in [0.25, 0.3) is 0 Å². The number of halogens is 2. The number of carbonyl (C=O) groups excluding carboxylic acids is 1. The molecule has 0 bridgehead atoms. The van der Waals surface area contributed by atoms with Gasteiger partial charge >= 0.3 is 0 Å². The first-order valence-electron chi connectivity index (χ1n) is 8.18. The highest BCUT2D eigenvalue weighted by Gasteiger charge is 2.26. The molecule has 5 nitrogen and oxygen atoms in total.